The lowest BCUT2D eigenvalue weighted by molar-refractivity contribution is 0.581. The lowest BCUT2D eigenvalue weighted by atomic mass is 10.0. The molecule has 2 aromatic rings. The maximum atomic E-state index is 12.7. The summed E-state index contributed by atoms with van der Waals surface area (Å²) >= 11 is 0. The second-order valence-corrected chi connectivity index (χ2v) is 7.63. The smallest absolute Gasteiger partial charge is 0.241 e. The molecule has 0 saturated carbocycles. The summed E-state index contributed by atoms with van der Waals surface area (Å²) in [5.41, 5.74) is 3.86. The molecule has 0 atom stereocenters. The third kappa shape index (κ3) is 4.16. The van der Waals surface area contributed by atoms with Gasteiger partial charge in [-0.15, -0.1) is 0 Å². The van der Waals surface area contributed by atoms with Crippen molar-refractivity contribution in [2.45, 2.75) is 32.6 Å². The lowest BCUT2D eigenvalue weighted by Crippen LogP contribution is -2.30. The third-order valence-electron chi connectivity index (χ3n) is 4.20. The molecule has 7 heteroatoms. The highest BCUT2D eigenvalue weighted by Gasteiger charge is 2.21. The van der Waals surface area contributed by atoms with Crippen molar-refractivity contribution in [2.75, 3.05) is 18.4 Å². The highest BCUT2D eigenvalue weighted by atomic mass is 32.2. The number of pyridine rings is 1. The summed E-state index contributed by atoms with van der Waals surface area (Å²) < 4.78 is 28.0. The summed E-state index contributed by atoms with van der Waals surface area (Å²) in [6, 6.07) is 7.37. The fraction of sp³-hybridized carbons (Fsp3) is 0.333. The quantitative estimate of drug-likeness (QED) is 0.774. The van der Waals surface area contributed by atoms with Gasteiger partial charge in [-0.25, -0.2) is 18.1 Å². The maximum absolute atomic E-state index is 12.7. The fourth-order valence-electron chi connectivity index (χ4n) is 2.66. The molecule has 0 amide bonds. The maximum Gasteiger partial charge on any atom is 0.241 e. The second-order valence-electron chi connectivity index (χ2n) is 5.93. The number of rotatable bonds is 6. The van der Waals surface area contributed by atoms with E-state index in [2.05, 4.69) is 15.0 Å². The number of nitriles is 1. The molecule has 6 nitrogen and oxygen atoms in total. The molecule has 1 aromatic heterocycles. The van der Waals surface area contributed by atoms with Gasteiger partial charge in [0.15, 0.2) is 0 Å². The average molecular weight is 358 g/mol. The minimum absolute atomic E-state index is 0.190. The zero-order valence-corrected chi connectivity index (χ0v) is 15.7. The molecule has 0 fully saturated rings. The Morgan fingerprint density at radius 1 is 1.12 bits per heavy atom. The van der Waals surface area contributed by atoms with E-state index in [4.69, 9.17) is 5.26 Å². The van der Waals surface area contributed by atoms with E-state index in [9.17, 15) is 8.42 Å². The molecular formula is C18H22N4O2S. The number of nitrogens with zero attached hydrogens (tertiary/aromatic N) is 2. The number of hydrogen-bond donors (Lipinski definition) is 2. The zero-order valence-electron chi connectivity index (χ0n) is 14.8. The van der Waals surface area contributed by atoms with Gasteiger partial charge in [-0.05, 0) is 62.1 Å². The number of sulfonamides is 1. The van der Waals surface area contributed by atoms with Gasteiger partial charge in [-0.2, -0.15) is 5.26 Å². The fourth-order valence-corrected chi connectivity index (χ4v) is 4.30. The molecule has 0 aliphatic carbocycles. The first-order chi connectivity index (χ1) is 11.8. The summed E-state index contributed by atoms with van der Waals surface area (Å²) in [6.45, 7) is 7.98. The van der Waals surface area contributed by atoms with E-state index < -0.39 is 10.0 Å². The highest BCUT2D eigenvalue weighted by Crippen LogP contribution is 2.25. The van der Waals surface area contributed by atoms with Crippen molar-refractivity contribution in [2.24, 2.45) is 0 Å². The normalized spacial score (nSPS) is 11.2. The monoisotopic (exact) mass is 358 g/mol. The average Bonchev–Trinajstić information content (AvgIpc) is 2.57. The summed E-state index contributed by atoms with van der Waals surface area (Å²) in [5.74, 6) is 0.447. The minimum atomic E-state index is -3.61. The molecule has 0 unspecified atom stereocenters. The van der Waals surface area contributed by atoms with Crippen LogP contribution in [0, 0.1) is 39.0 Å². The highest BCUT2D eigenvalue weighted by molar-refractivity contribution is 7.89. The van der Waals surface area contributed by atoms with Crippen LogP contribution in [0.1, 0.15) is 27.8 Å². The summed E-state index contributed by atoms with van der Waals surface area (Å²) in [6.07, 6.45) is 1.58. The first kappa shape index (κ1) is 18.9. The predicted molar refractivity (Wildman–Crippen MR) is 98.0 cm³/mol. The van der Waals surface area contributed by atoms with Gasteiger partial charge in [-0.3, -0.25) is 0 Å². The molecule has 0 aliphatic heterocycles. The summed E-state index contributed by atoms with van der Waals surface area (Å²) in [4.78, 5) is 4.43. The molecule has 0 bridgehead atoms. The number of aryl methyl sites for hydroxylation is 2. The van der Waals surface area contributed by atoms with Crippen LogP contribution in [0.15, 0.2) is 29.3 Å². The van der Waals surface area contributed by atoms with Crippen LogP contribution in [-0.4, -0.2) is 26.5 Å². The van der Waals surface area contributed by atoms with E-state index >= 15 is 0 Å². The Labute approximate surface area is 149 Å². The number of nitrogens with one attached hydrogen (secondary N) is 2. The van der Waals surface area contributed by atoms with Crippen LogP contribution in [-0.2, 0) is 10.0 Å². The molecule has 25 heavy (non-hydrogen) atoms. The van der Waals surface area contributed by atoms with Gasteiger partial charge in [0.25, 0.3) is 0 Å². The van der Waals surface area contributed by atoms with Crippen LogP contribution in [0.25, 0.3) is 0 Å². The van der Waals surface area contributed by atoms with Crippen molar-refractivity contribution < 1.29 is 8.42 Å². The van der Waals surface area contributed by atoms with Crippen LogP contribution >= 0.6 is 0 Å². The van der Waals surface area contributed by atoms with E-state index in [-0.39, 0.29) is 6.54 Å². The molecule has 1 aromatic carbocycles. The largest absolute Gasteiger partial charge is 0.368 e. The van der Waals surface area contributed by atoms with Crippen LogP contribution in [0.5, 0.6) is 0 Å². The standard InChI is InChI=1S/C18H22N4O2S/c1-12-10-13(2)15(4)17(14(12)3)25(23,24)22-9-8-21-18-16(11-19)6-5-7-20-18/h5-7,10,22H,8-9H2,1-4H3,(H,20,21). The molecular weight excluding hydrogens is 336 g/mol. The van der Waals surface area contributed by atoms with Crippen LogP contribution < -0.4 is 10.0 Å². The van der Waals surface area contributed by atoms with Crippen molar-refractivity contribution in [1.29, 1.82) is 5.26 Å². The van der Waals surface area contributed by atoms with Gasteiger partial charge in [0.1, 0.15) is 11.9 Å². The Kier molecular flexibility index (Phi) is 5.77. The predicted octanol–water partition coefficient (Wildman–Crippen LogP) is 2.58. The van der Waals surface area contributed by atoms with E-state index in [1.54, 1.807) is 18.3 Å². The number of anilines is 1. The Morgan fingerprint density at radius 3 is 2.36 bits per heavy atom. The SMILES string of the molecule is Cc1cc(C)c(C)c(S(=O)(=O)NCCNc2ncccc2C#N)c1C. The first-order valence-electron chi connectivity index (χ1n) is 7.94. The van der Waals surface area contributed by atoms with Gasteiger partial charge < -0.3 is 5.32 Å². The van der Waals surface area contributed by atoms with E-state index in [1.807, 2.05) is 39.8 Å². The zero-order chi connectivity index (χ0) is 18.6. The number of hydrogen-bond acceptors (Lipinski definition) is 5. The molecule has 1 heterocycles. The van der Waals surface area contributed by atoms with Crippen molar-refractivity contribution in [3.63, 3.8) is 0 Å². The van der Waals surface area contributed by atoms with E-state index in [0.29, 0.717) is 22.8 Å². The topological polar surface area (TPSA) is 94.9 Å². The van der Waals surface area contributed by atoms with Crippen LogP contribution in [0.4, 0.5) is 5.82 Å². The van der Waals surface area contributed by atoms with Crippen molar-refractivity contribution >= 4 is 15.8 Å². The number of aromatic nitrogens is 1. The number of benzene rings is 1. The Hall–Kier alpha value is -2.43. The molecule has 0 radical (unpaired) electrons. The van der Waals surface area contributed by atoms with Gasteiger partial charge >= 0.3 is 0 Å². The summed E-state index contributed by atoms with van der Waals surface area (Å²) in [7, 11) is -3.61. The molecule has 0 spiro atoms. The van der Waals surface area contributed by atoms with Crippen LogP contribution in [0.2, 0.25) is 0 Å². The van der Waals surface area contributed by atoms with Gasteiger partial charge in [-0.1, -0.05) is 6.07 Å². The van der Waals surface area contributed by atoms with Gasteiger partial charge in [0, 0.05) is 19.3 Å². The van der Waals surface area contributed by atoms with Gasteiger partial charge in [0.2, 0.25) is 10.0 Å². The first-order valence-corrected chi connectivity index (χ1v) is 9.42. The molecule has 2 rings (SSSR count). The summed E-state index contributed by atoms with van der Waals surface area (Å²) in [5, 5.41) is 12.0. The van der Waals surface area contributed by atoms with Crippen LogP contribution in [0.3, 0.4) is 0 Å². The Balaban J connectivity index is 2.10. The molecule has 2 N–H and O–H groups in total. The van der Waals surface area contributed by atoms with Crippen molar-refractivity contribution in [3.8, 4) is 6.07 Å². The van der Waals surface area contributed by atoms with E-state index in [1.165, 1.54) is 0 Å². The Morgan fingerprint density at radius 2 is 1.76 bits per heavy atom. The Bertz CT molecular complexity index is 905. The molecule has 132 valence electrons. The third-order valence-corrected chi connectivity index (χ3v) is 5.94. The van der Waals surface area contributed by atoms with Crippen molar-refractivity contribution in [1.82, 2.24) is 9.71 Å². The lowest BCUT2D eigenvalue weighted by Gasteiger charge is -2.16. The second kappa shape index (κ2) is 7.64. The van der Waals surface area contributed by atoms with E-state index in [0.717, 1.165) is 22.3 Å². The van der Waals surface area contributed by atoms with Gasteiger partial charge in [0.05, 0.1) is 10.5 Å². The van der Waals surface area contributed by atoms with Crippen molar-refractivity contribution in [3.05, 3.63) is 52.2 Å². The molecule has 0 saturated heterocycles. The molecule has 0 aliphatic rings. The minimum Gasteiger partial charge on any atom is -0.368 e.